The fourth-order valence-corrected chi connectivity index (χ4v) is 4.25. The minimum Gasteiger partial charge on any atom is -0.348 e. The van der Waals surface area contributed by atoms with Gasteiger partial charge >= 0.3 is 0 Å². The molecule has 3 nitrogen and oxygen atoms in total. The number of piperidine rings is 1. The molecule has 1 amide bonds. The standard InChI is InChI=1S/C27H29FN2O/c28-26-11-9-23(10-12-26)19-29-27(31)25-8-4-7-24(18-25)20-30-15-13-22(14-16-30)17-21-5-2-1-3-6-21/h1-12,18,22H,13-17,19-20H2,(H,29,31). The molecule has 0 atom stereocenters. The summed E-state index contributed by atoms with van der Waals surface area (Å²) in [5, 5.41) is 2.92. The maximum Gasteiger partial charge on any atom is 0.251 e. The van der Waals surface area contributed by atoms with Crippen molar-refractivity contribution in [3.8, 4) is 0 Å². The highest BCUT2D eigenvalue weighted by molar-refractivity contribution is 5.94. The van der Waals surface area contributed by atoms with Crippen LogP contribution in [-0.2, 0) is 19.5 Å². The monoisotopic (exact) mass is 416 g/mol. The van der Waals surface area contributed by atoms with E-state index < -0.39 is 0 Å². The number of carbonyl (C=O) groups is 1. The molecule has 1 N–H and O–H groups in total. The summed E-state index contributed by atoms with van der Waals surface area (Å²) in [5.41, 5.74) is 4.14. The molecule has 0 unspecified atom stereocenters. The smallest absolute Gasteiger partial charge is 0.251 e. The third-order valence-electron chi connectivity index (χ3n) is 6.04. The maximum absolute atomic E-state index is 13.0. The van der Waals surface area contributed by atoms with Crippen LogP contribution in [0.1, 0.15) is 39.9 Å². The highest BCUT2D eigenvalue weighted by Crippen LogP contribution is 2.23. The number of hydrogen-bond donors (Lipinski definition) is 1. The summed E-state index contributed by atoms with van der Waals surface area (Å²) >= 11 is 0. The molecular formula is C27H29FN2O. The Morgan fingerprint density at radius 2 is 1.58 bits per heavy atom. The van der Waals surface area contributed by atoms with E-state index in [1.165, 1.54) is 37.0 Å². The van der Waals surface area contributed by atoms with Gasteiger partial charge in [-0.2, -0.15) is 0 Å². The Morgan fingerprint density at radius 3 is 2.32 bits per heavy atom. The first-order valence-electron chi connectivity index (χ1n) is 11.0. The number of likely N-dealkylation sites (tertiary alicyclic amines) is 1. The summed E-state index contributed by atoms with van der Waals surface area (Å²) in [5.74, 6) is 0.377. The molecule has 4 rings (SSSR count). The Labute approximate surface area is 183 Å². The lowest BCUT2D eigenvalue weighted by molar-refractivity contribution is 0.0950. The molecule has 0 saturated carbocycles. The summed E-state index contributed by atoms with van der Waals surface area (Å²) < 4.78 is 13.0. The predicted octanol–water partition coefficient (Wildman–Crippen LogP) is 5.21. The first-order valence-corrected chi connectivity index (χ1v) is 11.0. The van der Waals surface area contributed by atoms with E-state index in [9.17, 15) is 9.18 Å². The average molecular weight is 417 g/mol. The lowest BCUT2D eigenvalue weighted by Gasteiger charge is -2.32. The molecular weight excluding hydrogens is 387 g/mol. The second-order valence-corrected chi connectivity index (χ2v) is 8.42. The quantitative estimate of drug-likeness (QED) is 0.573. The third-order valence-corrected chi connectivity index (χ3v) is 6.04. The van der Waals surface area contributed by atoms with Crippen LogP contribution in [0.15, 0.2) is 78.9 Å². The van der Waals surface area contributed by atoms with Crippen molar-refractivity contribution in [2.45, 2.75) is 32.4 Å². The summed E-state index contributed by atoms with van der Waals surface area (Å²) in [6.45, 7) is 3.45. The molecule has 1 aliphatic rings. The Morgan fingerprint density at radius 1 is 0.871 bits per heavy atom. The second-order valence-electron chi connectivity index (χ2n) is 8.42. The maximum atomic E-state index is 13.0. The number of rotatable bonds is 7. The Balaban J connectivity index is 1.26. The molecule has 0 aliphatic carbocycles. The molecule has 3 aromatic carbocycles. The van der Waals surface area contributed by atoms with Gasteiger partial charge < -0.3 is 5.32 Å². The van der Waals surface area contributed by atoms with Crippen molar-refractivity contribution in [1.82, 2.24) is 10.2 Å². The fraction of sp³-hybridized carbons (Fsp3) is 0.296. The number of nitrogens with zero attached hydrogens (tertiary/aromatic N) is 1. The zero-order valence-corrected chi connectivity index (χ0v) is 17.8. The molecule has 0 aromatic heterocycles. The Bertz CT molecular complexity index is 980. The number of hydrogen-bond acceptors (Lipinski definition) is 2. The summed E-state index contributed by atoms with van der Waals surface area (Å²) in [7, 11) is 0. The third kappa shape index (κ3) is 6.25. The molecule has 4 heteroatoms. The van der Waals surface area contributed by atoms with Crippen molar-refractivity contribution in [2.75, 3.05) is 13.1 Å². The first-order chi connectivity index (χ1) is 15.2. The Kier molecular flexibility index (Phi) is 7.11. The van der Waals surface area contributed by atoms with E-state index in [0.29, 0.717) is 12.1 Å². The van der Waals surface area contributed by atoms with E-state index in [0.717, 1.165) is 36.7 Å². The first kappa shape index (κ1) is 21.3. The summed E-state index contributed by atoms with van der Waals surface area (Å²) in [6.07, 6.45) is 3.60. The van der Waals surface area contributed by atoms with Crippen LogP contribution in [0.3, 0.4) is 0 Å². The van der Waals surface area contributed by atoms with Crippen molar-refractivity contribution in [3.05, 3.63) is 107 Å². The highest BCUT2D eigenvalue weighted by atomic mass is 19.1. The van der Waals surface area contributed by atoms with Gasteiger partial charge in [0, 0.05) is 18.7 Å². The van der Waals surface area contributed by atoms with Gasteiger partial charge in [0.1, 0.15) is 5.82 Å². The van der Waals surface area contributed by atoms with Gasteiger partial charge in [-0.05, 0) is 79.2 Å². The van der Waals surface area contributed by atoms with E-state index in [1.807, 2.05) is 18.2 Å². The van der Waals surface area contributed by atoms with Crippen molar-refractivity contribution < 1.29 is 9.18 Å². The van der Waals surface area contributed by atoms with Crippen molar-refractivity contribution in [3.63, 3.8) is 0 Å². The second kappa shape index (κ2) is 10.4. The molecule has 160 valence electrons. The van der Waals surface area contributed by atoms with Gasteiger partial charge in [-0.3, -0.25) is 9.69 Å². The van der Waals surface area contributed by atoms with Crippen LogP contribution in [0.2, 0.25) is 0 Å². The summed E-state index contributed by atoms with van der Waals surface area (Å²) in [6, 6.07) is 24.8. The zero-order valence-electron chi connectivity index (χ0n) is 17.8. The van der Waals surface area contributed by atoms with Crippen molar-refractivity contribution in [1.29, 1.82) is 0 Å². The number of benzene rings is 3. The minimum absolute atomic E-state index is 0.104. The molecule has 0 bridgehead atoms. The highest BCUT2D eigenvalue weighted by Gasteiger charge is 2.19. The topological polar surface area (TPSA) is 32.3 Å². The molecule has 1 fully saturated rings. The number of halogens is 1. The van der Waals surface area contributed by atoms with Gasteiger partial charge in [-0.15, -0.1) is 0 Å². The molecule has 1 saturated heterocycles. The molecule has 3 aromatic rings. The lowest BCUT2D eigenvalue weighted by atomic mass is 9.90. The molecule has 31 heavy (non-hydrogen) atoms. The summed E-state index contributed by atoms with van der Waals surface area (Å²) in [4.78, 5) is 15.0. The fourth-order valence-electron chi connectivity index (χ4n) is 4.25. The van der Waals surface area contributed by atoms with Gasteiger partial charge in [0.15, 0.2) is 0 Å². The van der Waals surface area contributed by atoms with Crippen molar-refractivity contribution in [2.24, 2.45) is 5.92 Å². The number of carbonyl (C=O) groups excluding carboxylic acids is 1. The van der Waals surface area contributed by atoms with Crippen LogP contribution in [0.25, 0.3) is 0 Å². The lowest BCUT2D eigenvalue weighted by Crippen LogP contribution is -2.34. The van der Waals surface area contributed by atoms with Crippen LogP contribution in [0.5, 0.6) is 0 Å². The average Bonchev–Trinajstić information content (AvgIpc) is 2.81. The Hall–Kier alpha value is -2.98. The van der Waals surface area contributed by atoms with E-state index in [4.69, 9.17) is 0 Å². The number of amides is 1. The van der Waals surface area contributed by atoms with Gasteiger partial charge in [-0.1, -0.05) is 54.6 Å². The van der Waals surface area contributed by atoms with E-state index in [-0.39, 0.29) is 11.7 Å². The van der Waals surface area contributed by atoms with Crippen LogP contribution < -0.4 is 5.32 Å². The molecule has 1 aliphatic heterocycles. The van der Waals surface area contributed by atoms with Gasteiger partial charge in [0.25, 0.3) is 5.91 Å². The minimum atomic E-state index is -0.271. The van der Waals surface area contributed by atoms with Crippen LogP contribution >= 0.6 is 0 Å². The predicted molar refractivity (Wildman–Crippen MR) is 122 cm³/mol. The van der Waals surface area contributed by atoms with Gasteiger partial charge in [0.05, 0.1) is 0 Å². The van der Waals surface area contributed by atoms with E-state index in [2.05, 4.69) is 46.6 Å². The largest absolute Gasteiger partial charge is 0.348 e. The van der Waals surface area contributed by atoms with E-state index in [1.54, 1.807) is 12.1 Å². The van der Waals surface area contributed by atoms with Crippen LogP contribution in [0, 0.1) is 11.7 Å². The van der Waals surface area contributed by atoms with Crippen LogP contribution in [0.4, 0.5) is 4.39 Å². The SMILES string of the molecule is O=C(NCc1ccc(F)cc1)c1cccc(CN2CCC(Cc3ccccc3)CC2)c1. The van der Waals surface area contributed by atoms with Crippen molar-refractivity contribution >= 4 is 5.91 Å². The molecule has 1 heterocycles. The van der Waals surface area contributed by atoms with E-state index >= 15 is 0 Å². The van der Waals surface area contributed by atoms with Gasteiger partial charge in [0.2, 0.25) is 0 Å². The van der Waals surface area contributed by atoms with Gasteiger partial charge in [-0.25, -0.2) is 4.39 Å². The number of nitrogens with one attached hydrogen (secondary N) is 1. The zero-order chi connectivity index (χ0) is 21.5. The van der Waals surface area contributed by atoms with Crippen LogP contribution in [-0.4, -0.2) is 23.9 Å². The molecule has 0 spiro atoms. The normalized spacial score (nSPS) is 15.0. The molecule has 0 radical (unpaired) electrons.